The first kappa shape index (κ1) is 15.5. The normalized spacial score (nSPS) is 23.0. The molecule has 4 heteroatoms. The number of nitrogens with zero attached hydrogens (tertiary/aromatic N) is 2. The molecule has 0 aliphatic carbocycles. The Kier molecular flexibility index (Phi) is 5.11. The highest BCUT2D eigenvalue weighted by molar-refractivity contribution is 5.78. The minimum atomic E-state index is 0.259. The fraction of sp³-hybridized carbons (Fsp3) is 0.611. The van der Waals surface area contributed by atoms with Crippen molar-refractivity contribution >= 4 is 5.91 Å². The van der Waals surface area contributed by atoms with Crippen molar-refractivity contribution in [2.75, 3.05) is 45.9 Å². The van der Waals surface area contributed by atoms with E-state index in [9.17, 15) is 4.79 Å². The Morgan fingerprint density at radius 2 is 2.09 bits per heavy atom. The number of hydrogen-bond acceptors (Lipinski definition) is 3. The van der Waals surface area contributed by atoms with Gasteiger partial charge in [0.15, 0.2) is 0 Å². The van der Waals surface area contributed by atoms with Crippen LogP contribution in [0, 0.1) is 12.8 Å². The van der Waals surface area contributed by atoms with Crippen LogP contribution >= 0.6 is 0 Å². The number of hydrogen-bond donors (Lipinski definition) is 0. The maximum atomic E-state index is 12.4. The quantitative estimate of drug-likeness (QED) is 0.849. The standard InChI is InChI=1S/C18H26N2O2/c1-15-3-2-4-16(11-15)12-18(21)20-8-6-19(7-9-20)13-17-5-10-22-14-17/h2-4,11,17H,5-10,12-14H2,1H3/t17-/m1/s1. The van der Waals surface area contributed by atoms with Crippen LogP contribution in [0.25, 0.3) is 0 Å². The number of rotatable bonds is 4. The second-order valence-electron chi connectivity index (χ2n) is 6.58. The van der Waals surface area contributed by atoms with Crippen LogP contribution in [0.4, 0.5) is 0 Å². The Labute approximate surface area is 133 Å². The molecular formula is C18H26N2O2. The number of aryl methyl sites for hydroxylation is 1. The molecule has 2 aliphatic heterocycles. The first-order chi connectivity index (χ1) is 10.7. The van der Waals surface area contributed by atoms with Crippen LogP contribution in [0.3, 0.4) is 0 Å². The second kappa shape index (κ2) is 7.25. The monoisotopic (exact) mass is 302 g/mol. The highest BCUT2D eigenvalue weighted by Gasteiger charge is 2.24. The van der Waals surface area contributed by atoms with E-state index in [1.807, 2.05) is 17.0 Å². The van der Waals surface area contributed by atoms with Gasteiger partial charge >= 0.3 is 0 Å². The van der Waals surface area contributed by atoms with Gasteiger partial charge in [0.25, 0.3) is 0 Å². The van der Waals surface area contributed by atoms with E-state index in [0.29, 0.717) is 12.3 Å². The molecule has 0 aromatic heterocycles. The number of carbonyl (C=O) groups excluding carboxylic acids is 1. The van der Waals surface area contributed by atoms with Crippen molar-refractivity contribution in [2.45, 2.75) is 19.8 Å². The molecule has 0 saturated carbocycles. The van der Waals surface area contributed by atoms with Gasteiger partial charge < -0.3 is 9.64 Å². The Balaban J connectivity index is 1.45. The third-order valence-corrected chi connectivity index (χ3v) is 4.70. The number of amides is 1. The molecule has 1 atom stereocenters. The van der Waals surface area contributed by atoms with Gasteiger partial charge in [-0.25, -0.2) is 0 Å². The van der Waals surface area contributed by atoms with Crippen LogP contribution in [0.5, 0.6) is 0 Å². The van der Waals surface area contributed by atoms with Crippen molar-refractivity contribution in [3.63, 3.8) is 0 Å². The fourth-order valence-corrected chi connectivity index (χ4v) is 3.38. The molecule has 3 rings (SSSR count). The Hall–Kier alpha value is -1.39. The summed E-state index contributed by atoms with van der Waals surface area (Å²) in [5, 5.41) is 0. The van der Waals surface area contributed by atoms with Crippen molar-refractivity contribution in [3.8, 4) is 0 Å². The molecule has 22 heavy (non-hydrogen) atoms. The average molecular weight is 302 g/mol. The molecule has 2 saturated heterocycles. The van der Waals surface area contributed by atoms with Gasteiger partial charge in [0.2, 0.25) is 5.91 Å². The molecule has 120 valence electrons. The fourth-order valence-electron chi connectivity index (χ4n) is 3.38. The molecule has 2 heterocycles. The predicted molar refractivity (Wildman–Crippen MR) is 86.8 cm³/mol. The lowest BCUT2D eigenvalue weighted by molar-refractivity contribution is -0.132. The maximum Gasteiger partial charge on any atom is 0.227 e. The summed E-state index contributed by atoms with van der Waals surface area (Å²) in [6, 6.07) is 8.24. The van der Waals surface area contributed by atoms with Gasteiger partial charge in [-0.05, 0) is 24.8 Å². The van der Waals surface area contributed by atoms with Crippen molar-refractivity contribution in [1.29, 1.82) is 0 Å². The molecule has 1 aromatic carbocycles. The minimum Gasteiger partial charge on any atom is -0.381 e. The first-order valence-electron chi connectivity index (χ1n) is 8.34. The second-order valence-corrected chi connectivity index (χ2v) is 6.58. The lowest BCUT2D eigenvalue weighted by Crippen LogP contribution is -2.50. The average Bonchev–Trinajstić information content (AvgIpc) is 3.01. The van der Waals surface area contributed by atoms with Gasteiger partial charge in [-0.1, -0.05) is 29.8 Å². The molecular weight excluding hydrogens is 276 g/mol. The number of piperazine rings is 1. The number of benzene rings is 1. The van der Waals surface area contributed by atoms with Gasteiger partial charge in [0.05, 0.1) is 13.0 Å². The molecule has 0 radical (unpaired) electrons. The molecule has 4 nitrogen and oxygen atoms in total. The van der Waals surface area contributed by atoms with Gasteiger partial charge in [-0.2, -0.15) is 0 Å². The van der Waals surface area contributed by atoms with E-state index < -0.39 is 0 Å². The molecule has 2 aliphatic rings. The van der Waals surface area contributed by atoms with E-state index in [-0.39, 0.29) is 5.91 Å². The zero-order valence-electron chi connectivity index (χ0n) is 13.5. The van der Waals surface area contributed by atoms with Gasteiger partial charge in [0, 0.05) is 39.3 Å². The minimum absolute atomic E-state index is 0.259. The molecule has 1 amide bonds. The highest BCUT2D eigenvalue weighted by atomic mass is 16.5. The topological polar surface area (TPSA) is 32.8 Å². The third-order valence-electron chi connectivity index (χ3n) is 4.70. The summed E-state index contributed by atoms with van der Waals surface area (Å²) in [5.74, 6) is 0.948. The van der Waals surface area contributed by atoms with Crippen LogP contribution in [0.2, 0.25) is 0 Å². The summed E-state index contributed by atoms with van der Waals surface area (Å²) in [6.07, 6.45) is 1.71. The summed E-state index contributed by atoms with van der Waals surface area (Å²) >= 11 is 0. The molecule has 0 unspecified atom stereocenters. The largest absolute Gasteiger partial charge is 0.381 e. The molecule has 0 bridgehead atoms. The summed E-state index contributed by atoms with van der Waals surface area (Å²) in [7, 11) is 0. The van der Waals surface area contributed by atoms with E-state index in [1.54, 1.807) is 0 Å². The smallest absolute Gasteiger partial charge is 0.227 e. The maximum absolute atomic E-state index is 12.4. The van der Waals surface area contributed by atoms with Crippen LogP contribution in [0.1, 0.15) is 17.5 Å². The van der Waals surface area contributed by atoms with Crippen molar-refractivity contribution < 1.29 is 9.53 Å². The molecule has 0 N–H and O–H groups in total. The lowest BCUT2D eigenvalue weighted by Gasteiger charge is -2.35. The summed E-state index contributed by atoms with van der Waals surface area (Å²) in [4.78, 5) is 16.9. The Bertz CT molecular complexity index is 504. The Morgan fingerprint density at radius 3 is 2.77 bits per heavy atom. The number of ether oxygens (including phenoxy) is 1. The SMILES string of the molecule is Cc1cccc(CC(=O)N2CCN(C[C@H]3CCOC3)CC2)c1. The molecule has 0 spiro atoms. The van der Waals surface area contributed by atoms with E-state index in [1.165, 1.54) is 12.0 Å². The summed E-state index contributed by atoms with van der Waals surface area (Å²) < 4.78 is 5.44. The van der Waals surface area contributed by atoms with Crippen molar-refractivity contribution in [2.24, 2.45) is 5.92 Å². The first-order valence-corrected chi connectivity index (χ1v) is 8.34. The summed E-state index contributed by atoms with van der Waals surface area (Å²) in [5.41, 5.74) is 2.34. The van der Waals surface area contributed by atoms with E-state index >= 15 is 0 Å². The van der Waals surface area contributed by atoms with Crippen LogP contribution < -0.4 is 0 Å². The van der Waals surface area contributed by atoms with E-state index in [2.05, 4.69) is 24.0 Å². The van der Waals surface area contributed by atoms with Gasteiger partial charge in [-0.15, -0.1) is 0 Å². The van der Waals surface area contributed by atoms with Crippen LogP contribution in [-0.2, 0) is 16.0 Å². The van der Waals surface area contributed by atoms with Crippen LogP contribution in [-0.4, -0.2) is 61.6 Å². The number of carbonyl (C=O) groups is 1. The zero-order valence-corrected chi connectivity index (χ0v) is 13.5. The van der Waals surface area contributed by atoms with Gasteiger partial charge in [0.1, 0.15) is 0 Å². The third kappa shape index (κ3) is 4.08. The molecule has 1 aromatic rings. The van der Waals surface area contributed by atoms with Gasteiger partial charge in [-0.3, -0.25) is 9.69 Å². The Morgan fingerprint density at radius 1 is 1.27 bits per heavy atom. The van der Waals surface area contributed by atoms with E-state index in [0.717, 1.165) is 51.5 Å². The highest BCUT2D eigenvalue weighted by Crippen LogP contribution is 2.15. The predicted octanol–water partition coefficient (Wildman–Crippen LogP) is 1.72. The van der Waals surface area contributed by atoms with Crippen molar-refractivity contribution in [1.82, 2.24) is 9.80 Å². The van der Waals surface area contributed by atoms with E-state index in [4.69, 9.17) is 4.74 Å². The zero-order chi connectivity index (χ0) is 15.4. The molecule has 2 fully saturated rings. The van der Waals surface area contributed by atoms with Crippen molar-refractivity contribution in [3.05, 3.63) is 35.4 Å². The summed E-state index contributed by atoms with van der Waals surface area (Å²) in [6.45, 7) is 8.73. The lowest BCUT2D eigenvalue weighted by atomic mass is 10.1. The van der Waals surface area contributed by atoms with Crippen LogP contribution in [0.15, 0.2) is 24.3 Å².